The first kappa shape index (κ1) is 17.0. The summed E-state index contributed by atoms with van der Waals surface area (Å²) in [5.41, 5.74) is 0.937. The number of imide groups is 1. The van der Waals surface area contributed by atoms with Gasteiger partial charge in [0.25, 0.3) is 5.91 Å². The minimum absolute atomic E-state index is 0.212. The second kappa shape index (κ2) is 6.72. The molecule has 1 aromatic rings. The quantitative estimate of drug-likeness (QED) is 0.802. The molecule has 2 aliphatic heterocycles. The summed E-state index contributed by atoms with van der Waals surface area (Å²) in [4.78, 5) is 41.1. The van der Waals surface area contributed by atoms with Gasteiger partial charge in [-0.3, -0.25) is 14.5 Å². The van der Waals surface area contributed by atoms with Crippen LogP contribution in [0.3, 0.4) is 0 Å². The Balaban J connectivity index is 1.60. The number of ether oxygens (including phenoxy) is 1. The molecule has 4 rings (SSSR count). The molecule has 1 aromatic carbocycles. The van der Waals surface area contributed by atoms with Crippen LogP contribution in [-0.4, -0.2) is 60.5 Å². The Morgan fingerprint density at radius 1 is 1.15 bits per heavy atom. The van der Waals surface area contributed by atoms with Gasteiger partial charge in [0.2, 0.25) is 5.91 Å². The van der Waals surface area contributed by atoms with E-state index in [4.69, 9.17) is 4.74 Å². The number of amides is 4. The fourth-order valence-electron chi connectivity index (χ4n) is 4.16. The van der Waals surface area contributed by atoms with E-state index in [0.717, 1.165) is 35.3 Å². The van der Waals surface area contributed by atoms with Gasteiger partial charge >= 0.3 is 6.03 Å². The largest absolute Gasteiger partial charge is 0.378 e. The van der Waals surface area contributed by atoms with Gasteiger partial charge in [0.15, 0.2) is 0 Å². The molecule has 1 spiro atoms. The molecule has 7 nitrogen and oxygen atoms in total. The summed E-state index contributed by atoms with van der Waals surface area (Å²) in [7, 11) is 0. The summed E-state index contributed by atoms with van der Waals surface area (Å²) >= 11 is 0. The maximum Gasteiger partial charge on any atom is 0.325 e. The first-order valence-electron chi connectivity index (χ1n) is 9.20. The summed E-state index contributed by atoms with van der Waals surface area (Å²) in [5, 5.41) is 2.92. The third-order valence-corrected chi connectivity index (χ3v) is 5.56. The molecule has 1 atom stereocenters. The van der Waals surface area contributed by atoms with Gasteiger partial charge in [-0.25, -0.2) is 4.79 Å². The second-order valence-corrected chi connectivity index (χ2v) is 7.08. The summed E-state index contributed by atoms with van der Waals surface area (Å²) < 4.78 is 5.25. The van der Waals surface area contributed by atoms with E-state index in [0.29, 0.717) is 32.7 Å². The molecule has 2 heterocycles. The van der Waals surface area contributed by atoms with Crippen LogP contribution in [0.15, 0.2) is 24.3 Å². The van der Waals surface area contributed by atoms with E-state index in [2.05, 4.69) is 5.32 Å². The summed E-state index contributed by atoms with van der Waals surface area (Å²) in [6.07, 6.45) is 3.30. The van der Waals surface area contributed by atoms with Crippen molar-refractivity contribution in [3.63, 3.8) is 0 Å². The van der Waals surface area contributed by atoms with Crippen molar-refractivity contribution in [2.75, 3.05) is 32.8 Å². The lowest BCUT2D eigenvalue weighted by molar-refractivity contribution is -0.141. The molecular formula is C19H23N3O4. The molecule has 1 unspecified atom stereocenters. The zero-order valence-corrected chi connectivity index (χ0v) is 14.7. The average molecular weight is 357 g/mol. The maximum atomic E-state index is 13.3. The molecule has 0 saturated carbocycles. The molecule has 2 fully saturated rings. The molecular weight excluding hydrogens is 334 g/mol. The van der Waals surface area contributed by atoms with Gasteiger partial charge in [0.05, 0.1) is 13.2 Å². The van der Waals surface area contributed by atoms with Gasteiger partial charge in [-0.1, -0.05) is 24.3 Å². The summed E-state index contributed by atoms with van der Waals surface area (Å²) in [6.45, 7) is 1.76. The smallest absolute Gasteiger partial charge is 0.325 e. The number of aryl methyl sites for hydroxylation is 1. The number of urea groups is 1. The van der Waals surface area contributed by atoms with E-state index in [9.17, 15) is 14.4 Å². The fraction of sp³-hybridized carbons (Fsp3) is 0.526. The predicted octanol–water partition coefficient (Wildman–Crippen LogP) is 1.02. The summed E-state index contributed by atoms with van der Waals surface area (Å²) in [5.74, 6) is -0.519. The Labute approximate surface area is 152 Å². The number of rotatable bonds is 2. The van der Waals surface area contributed by atoms with Crippen molar-refractivity contribution in [2.24, 2.45) is 0 Å². The van der Waals surface area contributed by atoms with Gasteiger partial charge < -0.3 is 15.0 Å². The number of morpholine rings is 1. The number of benzene rings is 1. The standard InChI is InChI=1S/C19H23N3O4/c23-16(21-9-11-26-12-10-21)13-22-17(24)19(20-18(22)25)8-4-3-6-14-5-1-2-7-15(14)19/h1-2,5,7H,3-4,6,8-13H2,(H,20,25). The Morgan fingerprint density at radius 2 is 1.92 bits per heavy atom. The van der Waals surface area contributed by atoms with Crippen LogP contribution in [0.4, 0.5) is 4.79 Å². The fourth-order valence-corrected chi connectivity index (χ4v) is 4.16. The topological polar surface area (TPSA) is 79.0 Å². The molecule has 3 aliphatic rings. The van der Waals surface area contributed by atoms with Gasteiger partial charge in [0.1, 0.15) is 12.1 Å². The molecule has 26 heavy (non-hydrogen) atoms. The van der Waals surface area contributed by atoms with Crippen LogP contribution in [-0.2, 0) is 26.3 Å². The normalized spacial score (nSPS) is 25.8. The van der Waals surface area contributed by atoms with E-state index in [1.54, 1.807) is 4.90 Å². The van der Waals surface area contributed by atoms with E-state index >= 15 is 0 Å². The number of hydrogen-bond donors (Lipinski definition) is 1. The molecule has 0 radical (unpaired) electrons. The van der Waals surface area contributed by atoms with Crippen LogP contribution in [0.2, 0.25) is 0 Å². The Kier molecular flexibility index (Phi) is 4.40. The van der Waals surface area contributed by atoms with Gasteiger partial charge in [-0.2, -0.15) is 0 Å². The lowest BCUT2D eigenvalue weighted by Crippen LogP contribution is -2.48. The minimum Gasteiger partial charge on any atom is -0.378 e. The van der Waals surface area contributed by atoms with Crippen molar-refractivity contribution < 1.29 is 19.1 Å². The first-order chi connectivity index (χ1) is 12.6. The average Bonchev–Trinajstić information content (AvgIpc) is 2.82. The second-order valence-electron chi connectivity index (χ2n) is 7.08. The monoisotopic (exact) mass is 357 g/mol. The lowest BCUT2D eigenvalue weighted by Gasteiger charge is -2.29. The molecule has 0 bridgehead atoms. The third kappa shape index (κ3) is 2.76. The van der Waals surface area contributed by atoms with E-state index in [1.165, 1.54) is 0 Å². The van der Waals surface area contributed by atoms with Crippen molar-refractivity contribution in [2.45, 2.75) is 31.2 Å². The zero-order valence-electron chi connectivity index (χ0n) is 14.7. The molecule has 1 aliphatic carbocycles. The van der Waals surface area contributed by atoms with Gasteiger partial charge in [-0.15, -0.1) is 0 Å². The number of carbonyl (C=O) groups is 3. The van der Waals surface area contributed by atoms with Crippen molar-refractivity contribution in [1.82, 2.24) is 15.1 Å². The molecule has 2 saturated heterocycles. The SMILES string of the molecule is O=C(CN1C(=O)NC2(CCCCc3ccccc32)C1=O)N1CCOCC1. The van der Waals surface area contributed by atoms with Crippen LogP contribution in [0, 0.1) is 0 Å². The van der Waals surface area contributed by atoms with E-state index < -0.39 is 11.6 Å². The highest BCUT2D eigenvalue weighted by Crippen LogP contribution is 2.38. The van der Waals surface area contributed by atoms with Crippen molar-refractivity contribution >= 4 is 17.8 Å². The number of nitrogens with zero attached hydrogens (tertiary/aromatic N) is 2. The Hall–Kier alpha value is -2.41. The van der Waals surface area contributed by atoms with Crippen LogP contribution < -0.4 is 5.32 Å². The predicted molar refractivity (Wildman–Crippen MR) is 93.3 cm³/mol. The van der Waals surface area contributed by atoms with Gasteiger partial charge in [-0.05, 0) is 36.8 Å². The number of hydrogen-bond acceptors (Lipinski definition) is 4. The van der Waals surface area contributed by atoms with E-state index in [1.807, 2.05) is 24.3 Å². The van der Waals surface area contributed by atoms with E-state index in [-0.39, 0.29) is 18.4 Å². The molecule has 0 aromatic heterocycles. The first-order valence-corrected chi connectivity index (χ1v) is 9.20. The maximum absolute atomic E-state index is 13.3. The van der Waals surface area contributed by atoms with Crippen molar-refractivity contribution in [1.29, 1.82) is 0 Å². The Bertz CT molecular complexity index is 744. The molecule has 7 heteroatoms. The van der Waals surface area contributed by atoms with Crippen molar-refractivity contribution in [3.05, 3.63) is 35.4 Å². The number of nitrogens with one attached hydrogen (secondary N) is 1. The highest BCUT2D eigenvalue weighted by molar-refractivity contribution is 6.09. The molecule has 1 N–H and O–H groups in total. The third-order valence-electron chi connectivity index (χ3n) is 5.56. The van der Waals surface area contributed by atoms with Crippen molar-refractivity contribution in [3.8, 4) is 0 Å². The van der Waals surface area contributed by atoms with Gasteiger partial charge in [0, 0.05) is 13.1 Å². The number of carbonyl (C=O) groups excluding carboxylic acids is 3. The Morgan fingerprint density at radius 3 is 2.73 bits per heavy atom. The highest BCUT2D eigenvalue weighted by Gasteiger charge is 2.53. The molecule has 4 amide bonds. The van der Waals surface area contributed by atoms with Crippen LogP contribution >= 0.6 is 0 Å². The van der Waals surface area contributed by atoms with Crippen LogP contribution in [0.1, 0.15) is 30.4 Å². The minimum atomic E-state index is -1.03. The van der Waals surface area contributed by atoms with Crippen LogP contribution in [0.25, 0.3) is 0 Å². The lowest BCUT2D eigenvalue weighted by atomic mass is 9.84. The van der Waals surface area contributed by atoms with Crippen LogP contribution in [0.5, 0.6) is 0 Å². The summed E-state index contributed by atoms with van der Waals surface area (Å²) in [6, 6.07) is 7.31. The molecule has 138 valence electrons. The number of fused-ring (bicyclic) bond motifs is 2. The zero-order chi connectivity index (χ0) is 18.1. The highest BCUT2D eigenvalue weighted by atomic mass is 16.5.